The molecule has 4 rings (SSSR count). The van der Waals surface area contributed by atoms with Crippen LogP contribution in [0.2, 0.25) is 15.1 Å². The van der Waals surface area contributed by atoms with Gasteiger partial charge in [-0.25, -0.2) is 0 Å². The number of halogens is 3. The molecule has 2 aromatic carbocycles. The van der Waals surface area contributed by atoms with E-state index in [0.717, 1.165) is 5.56 Å². The molecule has 0 fully saturated rings. The Hall–Kier alpha value is -2.86. The predicted octanol–water partition coefficient (Wildman–Crippen LogP) is 6.55. The number of aromatic nitrogens is 2. The summed E-state index contributed by atoms with van der Waals surface area (Å²) in [5.41, 5.74) is 3.33. The van der Waals surface area contributed by atoms with E-state index in [1.165, 1.54) is 0 Å². The average molecular weight is 459 g/mol. The molecule has 1 N–H and O–H groups in total. The van der Waals surface area contributed by atoms with Crippen molar-refractivity contribution >= 4 is 46.6 Å². The van der Waals surface area contributed by atoms with E-state index in [-0.39, 0.29) is 18.2 Å². The maximum Gasteiger partial charge on any atom is 0.239 e. The first-order valence-corrected chi connectivity index (χ1v) is 10.0. The van der Waals surface area contributed by atoms with Crippen molar-refractivity contribution in [2.24, 2.45) is 0 Å². The van der Waals surface area contributed by atoms with Gasteiger partial charge in [-0.15, -0.1) is 0 Å². The molecule has 0 unspecified atom stereocenters. The van der Waals surface area contributed by atoms with Crippen LogP contribution in [0.3, 0.4) is 0 Å². The number of amides is 1. The summed E-state index contributed by atoms with van der Waals surface area (Å²) in [6.45, 7) is 0. The number of hydrogen-bond acceptors (Lipinski definition) is 4. The minimum Gasteiger partial charge on any atom is -0.337 e. The fourth-order valence-corrected chi connectivity index (χ4v) is 3.49. The van der Waals surface area contributed by atoms with Crippen LogP contribution in [0.25, 0.3) is 22.4 Å². The minimum atomic E-state index is -0.282. The molecule has 0 aliphatic rings. The second-order valence-corrected chi connectivity index (χ2v) is 7.64. The summed E-state index contributed by atoms with van der Waals surface area (Å²) >= 11 is 18.4. The number of anilines is 1. The van der Waals surface area contributed by atoms with Gasteiger partial charge in [0.15, 0.2) is 0 Å². The van der Waals surface area contributed by atoms with Crippen molar-refractivity contribution in [2.45, 2.75) is 6.42 Å². The lowest BCUT2D eigenvalue weighted by atomic mass is 10.0. The largest absolute Gasteiger partial charge is 0.337 e. The van der Waals surface area contributed by atoms with Crippen molar-refractivity contribution in [2.75, 3.05) is 5.32 Å². The zero-order valence-corrected chi connectivity index (χ0v) is 17.7. The van der Waals surface area contributed by atoms with Gasteiger partial charge in [0.25, 0.3) is 0 Å². The number of nitrogens with zero attached hydrogens (tertiary/aromatic N) is 2. The molecule has 0 bridgehead atoms. The molecule has 8 heteroatoms. The number of carbonyl (C=O) groups is 1. The minimum absolute atomic E-state index is 0.0955. The Balaban J connectivity index is 1.71. The predicted molar refractivity (Wildman–Crippen MR) is 119 cm³/mol. The lowest BCUT2D eigenvalue weighted by molar-refractivity contribution is -0.115. The Bertz CT molecular complexity index is 1210. The Labute approximate surface area is 187 Å². The number of pyridine rings is 1. The molecule has 4 aromatic rings. The van der Waals surface area contributed by atoms with Gasteiger partial charge in [-0.2, -0.15) is 0 Å². The normalized spacial score (nSPS) is 10.8. The summed E-state index contributed by atoms with van der Waals surface area (Å²) in [6.07, 6.45) is 3.39. The van der Waals surface area contributed by atoms with E-state index >= 15 is 0 Å². The maximum absolute atomic E-state index is 12.7. The van der Waals surface area contributed by atoms with E-state index < -0.39 is 0 Å². The molecule has 0 saturated carbocycles. The van der Waals surface area contributed by atoms with Crippen molar-refractivity contribution in [1.82, 2.24) is 10.1 Å². The monoisotopic (exact) mass is 457 g/mol. The number of nitrogens with one attached hydrogen (secondary N) is 1. The number of hydrogen-bond donors (Lipinski definition) is 1. The number of rotatable bonds is 5. The molecule has 2 heterocycles. The lowest BCUT2D eigenvalue weighted by Crippen LogP contribution is -2.14. The smallest absolute Gasteiger partial charge is 0.239 e. The highest BCUT2D eigenvalue weighted by Gasteiger charge is 2.22. The van der Waals surface area contributed by atoms with Gasteiger partial charge < -0.3 is 4.52 Å². The molecule has 0 radical (unpaired) electrons. The Morgan fingerprint density at radius 1 is 0.900 bits per heavy atom. The molecule has 1 amide bonds. The van der Waals surface area contributed by atoms with Crippen LogP contribution in [0, 0.1) is 0 Å². The number of benzene rings is 2. The van der Waals surface area contributed by atoms with E-state index in [2.05, 4.69) is 15.5 Å². The fourth-order valence-electron chi connectivity index (χ4n) is 2.99. The van der Waals surface area contributed by atoms with Crippen LogP contribution in [0.1, 0.15) is 5.56 Å². The van der Waals surface area contributed by atoms with E-state index in [1.54, 1.807) is 54.9 Å². The molecule has 0 saturated heterocycles. The fraction of sp³-hybridized carbons (Fsp3) is 0.0455. The molecule has 0 aliphatic heterocycles. The summed E-state index contributed by atoms with van der Waals surface area (Å²) in [5, 5.41) is 8.32. The first-order chi connectivity index (χ1) is 14.5. The molecular formula is C22H14Cl3N3O2. The Morgan fingerprint density at radius 3 is 2.40 bits per heavy atom. The topological polar surface area (TPSA) is 68.0 Å². The SMILES string of the molecule is O=C(Cc1ccccc1Cl)Nc1onc(-c2ccc(Cl)c(Cl)c2)c1-c1ccncc1. The van der Waals surface area contributed by atoms with Crippen LogP contribution < -0.4 is 5.32 Å². The highest BCUT2D eigenvalue weighted by molar-refractivity contribution is 6.42. The Morgan fingerprint density at radius 2 is 1.67 bits per heavy atom. The summed E-state index contributed by atoms with van der Waals surface area (Å²) in [5.74, 6) is -0.0606. The van der Waals surface area contributed by atoms with E-state index in [0.29, 0.717) is 37.5 Å². The molecule has 150 valence electrons. The van der Waals surface area contributed by atoms with Crippen LogP contribution in [-0.4, -0.2) is 16.0 Å². The van der Waals surface area contributed by atoms with Crippen LogP contribution >= 0.6 is 34.8 Å². The van der Waals surface area contributed by atoms with Crippen molar-refractivity contribution in [1.29, 1.82) is 0 Å². The van der Waals surface area contributed by atoms with Crippen LogP contribution in [0.5, 0.6) is 0 Å². The highest BCUT2D eigenvalue weighted by Crippen LogP contribution is 2.39. The van der Waals surface area contributed by atoms with Gasteiger partial charge >= 0.3 is 0 Å². The lowest BCUT2D eigenvalue weighted by Gasteiger charge is -2.07. The first kappa shape index (κ1) is 20.4. The van der Waals surface area contributed by atoms with Gasteiger partial charge in [0.05, 0.1) is 22.0 Å². The van der Waals surface area contributed by atoms with Crippen molar-refractivity contribution in [3.05, 3.63) is 87.6 Å². The molecule has 0 atom stereocenters. The van der Waals surface area contributed by atoms with Gasteiger partial charge in [0, 0.05) is 23.0 Å². The number of carbonyl (C=O) groups excluding carboxylic acids is 1. The van der Waals surface area contributed by atoms with E-state index in [9.17, 15) is 4.79 Å². The van der Waals surface area contributed by atoms with Crippen molar-refractivity contribution < 1.29 is 9.32 Å². The Kier molecular flexibility index (Phi) is 6.04. The van der Waals surface area contributed by atoms with Gasteiger partial charge in [-0.3, -0.25) is 15.1 Å². The van der Waals surface area contributed by atoms with Crippen LogP contribution in [0.4, 0.5) is 5.88 Å². The zero-order chi connectivity index (χ0) is 21.1. The van der Waals surface area contributed by atoms with Crippen molar-refractivity contribution in [3.8, 4) is 22.4 Å². The third-order valence-corrected chi connectivity index (χ3v) is 5.52. The quantitative estimate of drug-likeness (QED) is 0.368. The molecule has 0 aliphatic carbocycles. The third-order valence-electron chi connectivity index (χ3n) is 4.42. The molecule has 2 aromatic heterocycles. The summed E-state index contributed by atoms with van der Waals surface area (Å²) < 4.78 is 5.50. The average Bonchev–Trinajstić information content (AvgIpc) is 3.15. The van der Waals surface area contributed by atoms with Gasteiger partial charge in [0.1, 0.15) is 5.69 Å². The van der Waals surface area contributed by atoms with Crippen LogP contribution in [-0.2, 0) is 11.2 Å². The highest BCUT2D eigenvalue weighted by atomic mass is 35.5. The maximum atomic E-state index is 12.7. The summed E-state index contributed by atoms with van der Waals surface area (Å²) in [7, 11) is 0. The second kappa shape index (κ2) is 8.88. The van der Waals surface area contributed by atoms with E-state index in [4.69, 9.17) is 39.3 Å². The van der Waals surface area contributed by atoms with Gasteiger partial charge in [-0.1, -0.05) is 64.2 Å². The molecule has 5 nitrogen and oxygen atoms in total. The molecule has 0 spiro atoms. The summed E-state index contributed by atoms with van der Waals surface area (Å²) in [6, 6.07) is 15.9. The van der Waals surface area contributed by atoms with Crippen molar-refractivity contribution in [3.63, 3.8) is 0 Å². The third kappa shape index (κ3) is 4.33. The van der Waals surface area contributed by atoms with Gasteiger partial charge in [0.2, 0.25) is 11.8 Å². The summed E-state index contributed by atoms with van der Waals surface area (Å²) in [4.78, 5) is 16.7. The molecule has 30 heavy (non-hydrogen) atoms. The standard InChI is InChI=1S/C22H14Cl3N3O2/c23-16-4-2-1-3-14(16)12-19(29)27-22-20(13-7-9-26-10-8-13)21(28-30-22)15-5-6-17(24)18(25)11-15/h1-11H,12H2,(H,27,29). The molecular weight excluding hydrogens is 445 g/mol. The van der Waals surface area contributed by atoms with Crippen LogP contribution in [0.15, 0.2) is 71.5 Å². The first-order valence-electron chi connectivity index (χ1n) is 8.91. The zero-order valence-electron chi connectivity index (χ0n) is 15.4. The van der Waals surface area contributed by atoms with E-state index in [1.807, 2.05) is 12.1 Å². The second-order valence-electron chi connectivity index (χ2n) is 6.42. The van der Waals surface area contributed by atoms with Gasteiger partial charge in [-0.05, 0) is 41.5 Å².